The van der Waals surface area contributed by atoms with E-state index in [2.05, 4.69) is 0 Å². The van der Waals surface area contributed by atoms with Crippen molar-refractivity contribution in [3.63, 3.8) is 0 Å². The van der Waals surface area contributed by atoms with Crippen molar-refractivity contribution in [1.82, 2.24) is 4.90 Å². The first-order valence-corrected chi connectivity index (χ1v) is 4.70. The molecule has 1 saturated heterocycles. The molecule has 1 fully saturated rings. The summed E-state index contributed by atoms with van der Waals surface area (Å²) in [4.78, 5) is 1.78. The zero-order valence-corrected chi connectivity index (χ0v) is 9.04. The predicted octanol–water partition coefficient (Wildman–Crippen LogP) is -0.970. The zero-order valence-electron chi connectivity index (χ0n) is 9.04. The molecule has 5 atom stereocenters. The van der Waals surface area contributed by atoms with E-state index in [0.29, 0.717) is 0 Å². The molecule has 14 heavy (non-hydrogen) atoms. The Labute approximate surface area is 84.2 Å². The zero-order chi connectivity index (χ0) is 10.9. The number of rotatable bonds is 2. The number of methoxy groups -OCH3 is 1. The molecule has 0 aliphatic carbocycles. The highest BCUT2D eigenvalue weighted by Crippen LogP contribution is 2.23. The average Bonchev–Trinajstić information content (AvgIpc) is 2.11. The molecule has 2 N–H and O–H groups in total. The van der Waals surface area contributed by atoms with Crippen LogP contribution in [0.15, 0.2) is 0 Å². The van der Waals surface area contributed by atoms with Gasteiger partial charge in [0.05, 0.1) is 18.2 Å². The Kier molecular flexibility index (Phi) is 3.86. The van der Waals surface area contributed by atoms with Crippen molar-refractivity contribution in [1.29, 1.82) is 0 Å². The van der Waals surface area contributed by atoms with Crippen LogP contribution in [0.2, 0.25) is 0 Å². The summed E-state index contributed by atoms with van der Waals surface area (Å²) >= 11 is 0. The molecule has 5 heteroatoms. The Morgan fingerprint density at radius 2 is 1.79 bits per heavy atom. The lowest BCUT2D eigenvalue weighted by atomic mass is 9.96. The van der Waals surface area contributed by atoms with Crippen molar-refractivity contribution >= 4 is 0 Å². The van der Waals surface area contributed by atoms with Crippen LogP contribution in [-0.4, -0.2) is 67.0 Å². The second-order valence-electron chi connectivity index (χ2n) is 3.88. The van der Waals surface area contributed by atoms with Crippen molar-refractivity contribution in [3.8, 4) is 0 Å². The van der Waals surface area contributed by atoms with Gasteiger partial charge in [0.2, 0.25) is 0 Å². The summed E-state index contributed by atoms with van der Waals surface area (Å²) in [6.45, 7) is 1.76. The Morgan fingerprint density at radius 3 is 2.21 bits per heavy atom. The Bertz CT molecular complexity index is 188. The molecular weight excluding hydrogens is 186 g/mol. The van der Waals surface area contributed by atoms with Gasteiger partial charge in [-0.15, -0.1) is 0 Å². The largest absolute Gasteiger partial charge is 0.389 e. The smallest absolute Gasteiger partial charge is 0.185 e. The number of likely N-dealkylation sites (N-methyl/N-ethyl adjacent to an activating group) is 1. The summed E-state index contributed by atoms with van der Waals surface area (Å²) in [6.07, 6.45) is -2.54. The van der Waals surface area contributed by atoms with Crippen LogP contribution < -0.4 is 0 Å². The van der Waals surface area contributed by atoms with Gasteiger partial charge in [-0.05, 0) is 21.0 Å². The Balaban J connectivity index is 2.78. The van der Waals surface area contributed by atoms with Crippen LogP contribution in [0.1, 0.15) is 6.92 Å². The molecule has 0 saturated carbocycles. The van der Waals surface area contributed by atoms with E-state index >= 15 is 0 Å². The van der Waals surface area contributed by atoms with E-state index in [9.17, 15) is 10.2 Å². The van der Waals surface area contributed by atoms with E-state index in [0.717, 1.165) is 0 Å². The van der Waals surface area contributed by atoms with Crippen LogP contribution in [-0.2, 0) is 9.47 Å². The first-order chi connectivity index (χ1) is 6.49. The second-order valence-corrected chi connectivity index (χ2v) is 3.88. The predicted molar refractivity (Wildman–Crippen MR) is 50.8 cm³/mol. The van der Waals surface area contributed by atoms with Gasteiger partial charge in [0.15, 0.2) is 6.29 Å². The molecule has 0 unspecified atom stereocenters. The third-order valence-corrected chi connectivity index (χ3v) is 2.64. The molecule has 84 valence electrons. The minimum atomic E-state index is -0.832. The van der Waals surface area contributed by atoms with E-state index in [4.69, 9.17) is 9.47 Å². The maximum Gasteiger partial charge on any atom is 0.185 e. The number of ether oxygens (including phenoxy) is 2. The number of hydrogen-bond donors (Lipinski definition) is 2. The van der Waals surface area contributed by atoms with Crippen molar-refractivity contribution in [2.45, 2.75) is 37.6 Å². The summed E-state index contributed by atoms with van der Waals surface area (Å²) in [7, 11) is 5.09. The molecule has 1 heterocycles. The topological polar surface area (TPSA) is 62.2 Å². The quantitative estimate of drug-likeness (QED) is 0.607. The molecule has 1 aliphatic rings. The van der Waals surface area contributed by atoms with Gasteiger partial charge < -0.3 is 24.6 Å². The minimum Gasteiger partial charge on any atom is -0.389 e. The van der Waals surface area contributed by atoms with Crippen LogP contribution >= 0.6 is 0 Å². The van der Waals surface area contributed by atoms with Gasteiger partial charge in [-0.3, -0.25) is 0 Å². The lowest BCUT2D eigenvalue weighted by Crippen LogP contribution is -2.62. The van der Waals surface area contributed by atoms with Gasteiger partial charge in [-0.2, -0.15) is 0 Å². The fourth-order valence-electron chi connectivity index (χ4n) is 1.82. The van der Waals surface area contributed by atoms with E-state index in [-0.39, 0.29) is 12.1 Å². The summed E-state index contributed by atoms with van der Waals surface area (Å²) in [5, 5.41) is 19.6. The molecule has 0 aromatic rings. The Hall–Kier alpha value is -0.200. The fourth-order valence-corrected chi connectivity index (χ4v) is 1.82. The van der Waals surface area contributed by atoms with Gasteiger partial charge in [-0.25, -0.2) is 0 Å². The molecule has 0 aromatic carbocycles. The summed E-state index contributed by atoms with van der Waals surface area (Å²) in [6, 6.07) is -0.358. The normalized spacial score (nSPS) is 44.4. The lowest BCUT2D eigenvalue weighted by molar-refractivity contribution is -0.272. The Morgan fingerprint density at radius 1 is 1.21 bits per heavy atom. The molecule has 1 aliphatic heterocycles. The van der Waals surface area contributed by atoms with Crippen LogP contribution in [0.5, 0.6) is 0 Å². The first kappa shape index (κ1) is 11.9. The van der Waals surface area contributed by atoms with Gasteiger partial charge in [0, 0.05) is 7.11 Å². The van der Waals surface area contributed by atoms with Crippen LogP contribution in [0.3, 0.4) is 0 Å². The van der Waals surface area contributed by atoms with Crippen LogP contribution in [0, 0.1) is 0 Å². The maximum absolute atomic E-state index is 9.84. The lowest BCUT2D eigenvalue weighted by Gasteiger charge is -2.43. The van der Waals surface area contributed by atoms with Gasteiger partial charge in [-0.1, -0.05) is 0 Å². The highest BCUT2D eigenvalue weighted by atomic mass is 16.7. The van der Waals surface area contributed by atoms with Crippen molar-refractivity contribution in [2.75, 3.05) is 21.2 Å². The van der Waals surface area contributed by atoms with Crippen LogP contribution in [0.25, 0.3) is 0 Å². The molecule has 0 spiro atoms. The van der Waals surface area contributed by atoms with Crippen molar-refractivity contribution in [2.24, 2.45) is 0 Å². The molecule has 0 bridgehead atoms. The van der Waals surface area contributed by atoms with Crippen molar-refractivity contribution < 1.29 is 19.7 Å². The third-order valence-electron chi connectivity index (χ3n) is 2.64. The monoisotopic (exact) mass is 205 g/mol. The van der Waals surface area contributed by atoms with E-state index in [1.807, 2.05) is 14.1 Å². The molecular formula is C9H19NO4. The number of hydrogen-bond acceptors (Lipinski definition) is 5. The molecule has 0 amide bonds. The third kappa shape index (κ3) is 2.07. The summed E-state index contributed by atoms with van der Waals surface area (Å²) in [5.41, 5.74) is 0. The minimum absolute atomic E-state index is 0.337. The van der Waals surface area contributed by atoms with Crippen LogP contribution in [0.4, 0.5) is 0 Å². The standard InChI is InChI=1S/C9H19NO4/c1-5-7(11)6(10(2)3)8(12)9(13-4)14-5/h5-9,11-12H,1-4H3/t5-,6+,7-,8-,9+/m1/s1. The summed E-state index contributed by atoms with van der Waals surface area (Å²) in [5.74, 6) is 0. The summed E-state index contributed by atoms with van der Waals surface area (Å²) < 4.78 is 10.3. The number of aliphatic hydroxyl groups is 2. The molecule has 0 radical (unpaired) electrons. The second kappa shape index (κ2) is 4.55. The molecule has 5 nitrogen and oxygen atoms in total. The SMILES string of the molecule is CO[C@H]1O[C@H](C)[C@@H](O)[C@H](N(C)C)[C@H]1O. The van der Waals surface area contributed by atoms with Gasteiger partial charge >= 0.3 is 0 Å². The van der Waals surface area contributed by atoms with E-state index in [1.165, 1.54) is 7.11 Å². The highest BCUT2D eigenvalue weighted by Gasteiger charge is 2.43. The molecule has 1 rings (SSSR count). The first-order valence-electron chi connectivity index (χ1n) is 4.70. The van der Waals surface area contributed by atoms with E-state index < -0.39 is 18.5 Å². The number of nitrogens with zero attached hydrogens (tertiary/aromatic N) is 1. The average molecular weight is 205 g/mol. The maximum atomic E-state index is 9.84. The van der Waals surface area contributed by atoms with Gasteiger partial charge in [0.1, 0.15) is 6.10 Å². The molecule has 0 aromatic heterocycles. The van der Waals surface area contributed by atoms with E-state index in [1.54, 1.807) is 11.8 Å². The highest BCUT2D eigenvalue weighted by molar-refractivity contribution is 4.92. The van der Waals surface area contributed by atoms with Gasteiger partial charge in [0.25, 0.3) is 0 Å². The fraction of sp³-hybridized carbons (Fsp3) is 1.00. The number of aliphatic hydroxyl groups excluding tert-OH is 2. The van der Waals surface area contributed by atoms with Crippen molar-refractivity contribution in [3.05, 3.63) is 0 Å².